The first-order valence-corrected chi connectivity index (χ1v) is 22.3. The molecule has 0 spiro atoms. The molecule has 2 aromatic carbocycles. The van der Waals surface area contributed by atoms with Gasteiger partial charge >= 0.3 is 61.0 Å². The molecule has 0 radical (unpaired) electrons. The molecule has 2 aromatic rings. The van der Waals surface area contributed by atoms with Gasteiger partial charge in [-0.3, -0.25) is 20.2 Å². The van der Waals surface area contributed by atoms with E-state index >= 15 is 0 Å². The molecule has 0 atom stereocenters. The Bertz CT molecular complexity index is 788. The number of nitrogens with zero attached hydrogens (tertiary/aromatic N) is 6. The van der Waals surface area contributed by atoms with Crippen LogP contribution in [0.2, 0.25) is 0 Å². The topological polar surface area (TPSA) is 143 Å². The Morgan fingerprint density at radius 2 is 0.926 bits per heavy atom. The van der Waals surface area contributed by atoms with Gasteiger partial charge in [0.05, 0.1) is 9.85 Å². The van der Waals surface area contributed by atoms with Crippen molar-refractivity contribution in [3.63, 3.8) is 0 Å². The summed E-state index contributed by atoms with van der Waals surface area (Å²) >= 11 is 0. The predicted octanol–water partition coefficient (Wildman–Crippen LogP) is 6.91. The molecule has 0 bridgehead atoms. The number of nitro groups is 2. The molecule has 0 aliphatic heterocycles. The van der Waals surface area contributed by atoms with Crippen LogP contribution in [0.1, 0.15) is 0 Å². The summed E-state index contributed by atoms with van der Waals surface area (Å²) in [6.07, 6.45) is 0. The van der Waals surface area contributed by atoms with E-state index in [4.69, 9.17) is 49.5 Å². The standard InChI is InChI=1S/2C6H4N3O2.4ClH.Zn/c2*7-8-5-1-3-6(4-2-5)9(10)11;;;;;/h2*1-4H;4*1H;/q2*+1;;;;;+2/p-4. The first-order valence-electron chi connectivity index (χ1n) is 6.74. The Hall–Kier alpha value is -2.14. The summed E-state index contributed by atoms with van der Waals surface area (Å²) in [5, 5.41) is 36.7. The van der Waals surface area contributed by atoms with Crippen molar-refractivity contribution in [1.82, 2.24) is 0 Å². The first kappa shape index (κ1) is 24.9. The first-order chi connectivity index (χ1) is 12.5. The van der Waals surface area contributed by atoms with E-state index in [9.17, 15) is 20.2 Å². The van der Waals surface area contributed by atoms with E-state index in [0.717, 1.165) is 0 Å². The number of diazo groups is 2. The summed E-state index contributed by atoms with van der Waals surface area (Å²) < 4.78 is 0. The van der Waals surface area contributed by atoms with Gasteiger partial charge in [0, 0.05) is 48.5 Å². The fourth-order valence-electron chi connectivity index (χ4n) is 1.28. The summed E-state index contributed by atoms with van der Waals surface area (Å²) in [5.74, 6) is 0. The second-order valence-corrected chi connectivity index (χ2v) is 32.1. The summed E-state index contributed by atoms with van der Waals surface area (Å²) in [6, 6.07) is 10.5. The molecule has 15 heteroatoms. The Kier molecular flexibility index (Phi) is 11.3. The second kappa shape index (κ2) is 12.3. The second-order valence-electron chi connectivity index (χ2n) is 4.35. The number of hydrogen-bond donors (Lipinski definition) is 0. The van der Waals surface area contributed by atoms with Crippen molar-refractivity contribution in [2.45, 2.75) is 0 Å². The Balaban J connectivity index is 0.000000405. The minimum absolute atomic E-state index is 0.0163. The fourth-order valence-corrected chi connectivity index (χ4v) is 1.28. The number of benzene rings is 2. The molecule has 0 saturated heterocycles. The summed E-state index contributed by atoms with van der Waals surface area (Å²) in [7, 11) is 16.8. The molecule has 0 N–H and O–H groups in total. The van der Waals surface area contributed by atoms with Crippen LogP contribution in [0.4, 0.5) is 22.7 Å². The zero-order chi connectivity index (χ0) is 21.0. The number of halogens is 4. The maximum atomic E-state index is 10.1. The number of non-ortho nitro benzene ring substituents is 2. The molecule has 0 heterocycles. The quantitative estimate of drug-likeness (QED) is 0.187. The van der Waals surface area contributed by atoms with Crippen LogP contribution in [0.5, 0.6) is 0 Å². The van der Waals surface area contributed by atoms with Gasteiger partial charge in [0.1, 0.15) is 0 Å². The molecule has 27 heavy (non-hydrogen) atoms. The van der Waals surface area contributed by atoms with E-state index in [1.165, 1.54) is 48.5 Å². The average Bonchev–Trinajstić information content (AvgIpc) is 2.61. The Labute approximate surface area is 171 Å². The molecule has 140 valence electrons. The van der Waals surface area contributed by atoms with E-state index < -0.39 is 20.7 Å². The molecule has 2 rings (SSSR count). The van der Waals surface area contributed by atoms with E-state index in [-0.39, 0.29) is 11.4 Å². The van der Waals surface area contributed by atoms with Crippen molar-refractivity contribution in [3.05, 3.63) is 78.7 Å². The molecular formula is C12H8Cl4N6O4Zn. The zero-order valence-electron chi connectivity index (χ0n) is 13.2. The third-order valence-electron chi connectivity index (χ3n) is 2.35. The molecule has 0 aromatic heterocycles. The summed E-state index contributed by atoms with van der Waals surface area (Å²) in [6.45, 7) is 0. The number of hydrogen-bond acceptors (Lipinski definition) is 6. The molecule has 0 unspecified atom stereocenters. The van der Waals surface area contributed by atoms with Crippen LogP contribution in [0, 0.1) is 31.0 Å². The molecule has 0 fully saturated rings. The Morgan fingerprint density at radius 1 is 0.704 bits per heavy atom. The normalized spacial score (nSPS) is 9.26. The van der Waals surface area contributed by atoms with Crippen LogP contribution in [0.25, 0.3) is 9.95 Å². The molecule has 0 aliphatic rings. The van der Waals surface area contributed by atoms with Crippen LogP contribution in [0.3, 0.4) is 0 Å². The van der Waals surface area contributed by atoms with Crippen molar-refractivity contribution < 1.29 is 20.7 Å². The summed E-state index contributed by atoms with van der Waals surface area (Å²) in [4.78, 5) is 24.9. The predicted molar refractivity (Wildman–Crippen MR) is 99.1 cm³/mol. The van der Waals surface area contributed by atoms with Gasteiger partial charge in [-0.1, -0.05) is 0 Å². The van der Waals surface area contributed by atoms with Crippen molar-refractivity contribution in [2.75, 3.05) is 0 Å². The maximum absolute atomic E-state index is 10.1. The SMILES string of the molecule is N#[N+]c1ccc([N+](=O)[O-])cc1.N#[N+]c1ccc([N+](=O)[O-])cc1.[Cl][Zn-2]([Cl])([Cl])[Cl]. The van der Waals surface area contributed by atoms with Gasteiger partial charge in [-0.05, 0) is 0 Å². The van der Waals surface area contributed by atoms with Crippen molar-refractivity contribution in [2.24, 2.45) is 0 Å². The van der Waals surface area contributed by atoms with Crippen molar-refractivity contribution in [1.29, 1.82) is 10.8 Å². The number of nitro benzene ring substituents is 2. The van der Waals surface area contributed by atoms with Gasteiger partial charge in [0.2, 0.25) is 10.8 Å². The van der Waals surface area contributed by atoms with Crippen LogP contribution < -0.4 is 0 Å². The molecule has 0 aliphatic carbocycles. The van der Waals surface area contributed by atoms with E-state index in [2.05, 4.69) is 9.95 Å². The molecular weight excluding hydrogens is 499 g/mol. The van der Waals surface area contributed by atoms with Gasteiger partial charge in [-0.2, -0.15) is 0 Å². The van der Waals surface area contributed by atoms with E-state index in [1.54, 1.807) is 0 Å². The van der Waals surface area contributed by atoms with Crippen LogP contribution in [0.15, 0.2) is 48.5 Å². The third-order valence-corrected chi connectivity index (χ3v) is 2.35. The molecule has 10 nitrogen and oxygen atoms in total. The number of rotatable bonds is 2. The van der Waals surface area contributed by atoms with Crippen molar-refractivity contribution >= 4 is 61.5 Å². The van der Waals surface area contributed by atoms with Gasteiger partial charge in [0.25, 0.3) is 11.4 Å². The molecule has 0 saturated carbocycles. The van der Waals surface area contributed by atoms with Gasteiger partial charge < -0.3 is 0 Å². The minimum atomic E-state index is -3.36. The van der Waals surface area contributed by atoms with Gasteiger partial charge in [0.15, 0.2) is 9.95 Å². The van der Waals surface area contributed by atoms with Crippen LogP contribution >= 0.6 is 38.8 Å². The van der Waals surface area contributed by atoms with Crippen molar-refractivity contribution in [3.8, 4) is 0 Å². The van der Waals surface area contributed by atoms with E-state index in [0.29, 0.717) is 11.4 Å². The van der Waals surface area contributed by atoms with Crippen LogP contribution in [-0.4, -0.2) is 9.85 Å². The van der Waals surface area contributed by atoms with Gasteiger partial charge in [-0.25, -0.2) is 0 Å². The third kappa shape index (κ3) is 12.8. The molecule has 0 amide bonds. The monoisotopic (exact) mass is 504 g/mol. The Morgan fingerprint density at radius 3 is 1.07 bits per heavy atom. The van der Waals surface area contributed by atoms with E-state index in [1.807, 2.05) is 0 Å². The fraction of sp³-hybridized carbons (Fsp3) is 0. The zero-order valence-corrected chi connectivity index (χ0v) is 19.1. The van der Waals surface area contributed by atoms with Crippen LogP contribution in [-0.2, 0) is 10.8 Å². The average molecular weight is 507 g/mol. The summed E-state index contributed by atoms with van der Waals surface area (Å²) in [5.41, 5.74) is 0.570. The van der Waals surface area contributed by atoms with Gasteiger partial charge in [-0.15, -0.1) is 0 Å².